The molecule has 0 bridgehead atoms. The fourth-order valence-electron chi connectivity index (χ4n) is 1.40. The summed E-state index contributed by atoms with van der Waals surface area (Å²) in [5.74, 6) is -0.240. The van der Waals surface area contributed by atoms with Crippen molar-refractivity contribution in [3.63, 3.8) is 0 Å². The van der Waals surface area contributed by atoms with E-state index in [1.165, 1.54) is 12.1 Å². The number of hydrogen-bond donors (Lipinski definition) is 0. The molecule has 0 unspecified atom stereocenters. The zero-order valence-electron chi connectivity index (χ0n) is 9.92. The van der Waals surface area contributed by atoms with Crippen molar-refractivity contribution in [1.29, 1.82) is 0 Å². The first-order chi connectivity index (χ1) is 7.88. The van der Waals surface area contributed by atoms with E-state index < -0.39 is 0 Å². The summed E-state index contributed by atoms with van der Waals surface area (Å²) in [6.45, 7) is 6.35. The predicted molar refractivity (Wildman–Crippen MR) is 73.9 cm³/mol. The maximum Gasteiger partial charge on any atom is 0.124 e. The number of halogens is 2. The number of hydrogen-bond acceptors (Lipinski definition) is 2. The molecule has 1 aromatic heterocycles. The lowest BCUT2D eigenvalue weighted by atomic mass is 9.93. The Morgan fingerprint density at radius 1 is 1.29 bits per heavy atom. The second-order valence-corrected chi connectivity index (χ2v) is 6.62. The molecule has 0 spiro atoms. The Bertz CT molecular complexity index is 543. The molecule has 1 nitrogen and oxygen atoms in total. The van der Waals surface area contributed by atoms with Gasteiger partial charge in [-0.15, -0.1) is 11.3 Å². The summed E-state index contributed by atoms with van der Waals surface area (Å²) < 4.78 is 14.1. The van der Waals surface area contributed by atoms with Crippen molar-refractivity contribution in [3.05, 3.63) is 39.6 Å². The third-order valence-corrected chi connectivity index (χ3v) is 4.00. The summed E-state index contributed by atoms with van der Waals surface area (Å²) in [5, 5.41) is 2.88. The molecule has 0 saturated carbocycles. The smallest absolute Gasteiger partial charge is 0.124 e. The van der Waals surface area contributed by atoms with Crippen LogP contribution in [0.15, 0.2) is 28.1 Å². The van der Waals surface area contributed by atoms with Crippen LogP contribution in [-0.2, 0) is 5.41 Å². The molecular formula is C13H13BrFNS. The largest absolute Gasteiger partial charge is 0.241 e. The molecule has 2 aromatic rings. The van der Waals surface area contributed by atoms with Crippen LogP contribution in [0, 0.1) is 5.82 Å². The van der Waals surface area contributed by atoms with Gasteiger partial charge in [-0.05, 0) is 18.2 Å². The minimum absolute atomic E-state index is 0.0224. The molecule has 0 radical (unpaired) electrons. The Balaban J connectivity index is 2.47. The van der Waals surface area contributed by atoms with Crippen LogP contribution >= 0.6 is 27.3 Å². The van der Waals surface area contributed by atoms with Gasteiger partial charge in [0, 0.05) is 20.8 Å². The fourth-order valence-corrected chi connectivity index (χ4v) is 3.05. The second kappa shape index (κ2) is 4.50. The van der Waals surface area contributed by atoms with Gasteiger partial charge in [0.05, 0.1) is 5.69 Å². The van der Waals surface area contributed by atoms with Crippen molar-refractivity contribution >= 4 is 27.3 Å². The van der Waals surface area contributed by atoms with Gasteiger partial charge < -0.3 is 0 Å². The van der Waals surface area contributed by atoms with E-state index in [0.717, 1.165) is 20.7 Å². The summed E-state index contributed by atoms with van der Waals surface area (Å²) in [6, 6.07) is 4.66. The third kappa shape index (κ3) is 2.75. The van der Waals surface area contributed by atoms with E-state index >= 15 is 0 Å². The highest BCUT2D eigenvalue weighted by atomic mass is 79.9. The highest BCUT2D eigenvalue weighted by Crippen LogP contribution is 2.34. The van der Waals surface area contributed by atoms with Gasteiger partial charge in [0.15, 0.2) is 0 Å². The molecule has 1 aromatic carbocycles. The van der Waals surface area contributed by atoms with Gasteiger partial charge in [0.25, 0.3) is 0 Å². The lowest BCUT2D eigenvalue weighted by Gasteiger charge is -2.14. The number of nitrogens with zero attached hydrogens (tertiary/aromatic N) is 1. The highest BCUT2D eigenvalue weighted by Gasteiger charge is 2.18. The molecule has 0 aliphatic rings. The molecule has 0 aliphatic heterocycles. The molecule has 0 N–H and O–H groups in total. The first-order valence-corrected chi connectivity index (χ1v) is 6.96. The van der Waals surface area contributed by atoms with E-state index in [4.69, 9.17) is 0 Å². The van der Waals surface area contributed by atoms with Gasteiger partial charge in [0.1, 0.15) is 10.8 Å². The van der Waals surface area contributed by atoms with Crippen molar-refractivity contribution < 1.29 is 4.39 Å². The van der Waals surface area contributed by atoms with E-state index in [-0.39, 0.29) is 11.2 Å². The van der Waals surface area contributed by atoms with Crippen LogP contribution in [0.4, 0.5) is 4.39 Å². The molecule has 0 amide bonds. The lowest BCUT2D eigenvalue weighted by Crippen LogP contribution is -2.11. The van der Waals surface area contributed by atoms with Crippen LogP contribution in [0.5, 0.6) is 0 Å². The molecule has 90 valence electrons. The topological polar surface area (TPSA) is 12.9 Å². The van der Waals surface area contributed by atoms with E-state index in [2.05, 4.69) is 41.7 Å². The average Bonchev–Trinajstić information content (AvgIpc) is 2.70. The molecule has 0 saturated heterocycles. The van der Waals surface area contributed by atoms with Crippen molar-refractivity contribution in [2.24, 2.45) is 0 Å². The summed E-state index contributed by atoms with van der Waals surface area (Å²) in [4.78, 5) is 4.58. The standard InChI is InChI=1S/C13H13BrFNS/c1-13(2,3)11-7-17-12(16-11)9-6-8(15)4-5-10(9)14/h4-7H,1-3H3. The van der Waals surface area contributed by atoms with Crippen molar-refractivity contribution in [3.8, 4) is 10.6 Å². The Morgan fingerprint density at radius 2 is 2.00 bits per heavy atom. The lowest BCUT2D eigenvalue weighted by molar-refractivity contribution is 0.573. The maximum atomic E-state index is 13.2. The number of rotatable bonds is 1. The first kappa shape index (κ1) is 12.7. The molecule has 4 heteroatoms. The molecule has 0 fully saturated rings. The minimum atomic E-state index is -0.240. The first-order valence-electron chi connectivity index (χ1n) is 5.29. The van der Waals surface area contributed by atoms with Crippen molar-refractivity contribution in [2.75, 3.05) is 0 Å². The minimum Gasteiger partial charge on any atom is -0.241 e. The van der Waals surface area contributed by atoms with E-state index in [9.17, 15) is 4.39 Å². The second-order valence-electron chi connectivity index (χ2n) is 4.91. The molecule has 1 heterocycles. The Kier molecular flexibility index (Phi) is 3.36. The Labute approximate surface area is 113 Å². The van der Waals surface area contributed by atoms with Gasteiger partial charge in [0.2, 0.25) is 0 Å². The highest BCUT2D eigenvalue weighted by molar-refractivity contribution is 9.10. The molecule has 0 aliphatic carbocycles. The summed E-state index contributed by atoms with van der Waals surface area (Å²) >= 11 is 4.97. The molecule has 2 rings (SSSR count). The Hall–Kier alpha value is -0.740. The fraction of sp³-hybridized carbons (Fsp3) is 0.308. The maximum absolute atomic E-state index is 13.2. The normalized spacial score (nSPS) is 11.8. The summed E-state index contributed by atoms with van der Waals surface area (Å²) in [6.07, 6.45) is 0. The molecule has 17 heavy (non-hydrogen) atoms. The SMILES string of the molecule is CC(C)(C)c1csc(-c2cc(F)ccc2Br)n1. The quantitative estimate of drug-likeness (QED) is 0.721. The molecular weight excluding hydrogens is 301 g/mol. The van der Waals surface area contributed by atoms with Gasteiger partial charge in [-0.25, -0.2) is 9.37 Å². The average molecular weight is 314 g/mol. The van der Waals surface area contributed by atoms with Crippen LogP contribution in [0.3, 0.4) is 0 Å². The van der Waals surface area contributed by atoms with E-state index in [1.54, 1.807) is 17.4 Å². The number of benzene rings is 1. The number of thiazole rings is 1. The van der Waals surface area contributed by atoms with Crippen LogP contribution in [0.25, 0.3) is 10.6 Å². The monoisotopic (exact) mass is 313 g/mol. The van der Waals surface area contributed by atoms with Crippen LogP contribution in [0.1, 0.15) is 26.5 Å². The van der Waals surface area contributed by atoms with E-state index in [0.29, 0.717) is 0 Å². The van der Waals surface area contributed by atoms with Crippen molar-refractivity contribution in [2.45, 2.75) is 26.2 Å². The molecule has 0 atom stereocenters. The predicted octanol–water partition coefficient (Wildman–Crippen LogP) is 5.01. The summed E-state index contributed by atoms with van der Waals surface area (Å²) in [7, 11) is 0. The van der Waals surface area contributed by atoms with Gasteiger partial charge >= 0.3 is 0 Å². The van der Waals surface area contributed by atoms with E-state index in [1.807, 2.05) is 5.38 Å². The van der Waals surface area contributed by atoms with Crippen LogP contribution in [-0.4, -0.2) is 4.98 Å². The van der Waals surface area contributed by atoms with Crippen LogP contribution in [0.2, 0.25) is 0 Å². The Morgan fingerprint density at radius 3 is 2.59 bits per heavy atom. The third-order valence-electron chi connectivity index (χ3n) is 2.43. The number of aromatic nitrogens is 1. The van der Waals surface area contributed by atoms with Gasteiger partial charge in [-0.3, -0.25) is 0 Å². The van der Waals surface area contributed by atoms with Crippen molar-refractivity contribution in [1.82, 2.24) is 4.98 Å². The van der Waals surface area contributed by atoms with Gasteiger partial charge in [-0.1, -0.05) is 36.7 Å². The summed E-state index contributed by atoms with van der Waals surface area (Å²) in [5.41, 5.74) is 1.87. The van der Waals surface area contributed by atoms with Gasteiger partial charge in [-0.2, -0.15) is 0 Å². The van der Waals surface area contributed by atoms with Crippen LogP contribution < -0.4 is 0 Å². The zero-order chi connectivity index (χ0) is 12.6. The zero-order valence-corrected chi connectivity index (χ0v) is 12.3.